The molecular formula is C23H19F2N5O3S. The zero-order valence-electron chi connectivity index (χ0n) is 17.6. The van der Waals surface area contributed by atoms with Gasteiger partial charge in [-0.15, -0.1) is 0 Å². The maximum absolute atomic E-state index is 13.7. The zero-order valence-corrected chi connectivity index (χ0v) is 18.4. The third kappa shape index (κ3) is 4.89. The van der Waals surface area contributed by atoms with Crippen molar-refractivity contribution < 1.29 is 22.0 Å². The summed E-state index contributed by atoms with van der Waals surface area (Å²) >= 11 is 0. The largest absolute Gasteiger partial charge is 0.383 e. The summed E-state index contributed by atoms with van der Waals surface area (Å²) in [5, 5.41) is 9.52. The van der Waals surface area contributed by atoms with Gasteiger partial charge in [-0.05, 0) is 54.6 Å². The number of nitrogens with one attached hydrogen (secondary N) is 2. The third-order valence-electron chi connectivity index (χ3n) is 4.78. The van der Waals surface area contributed by atoms with Crippen LogP contribution in [0.4, 0.5) is 31.8 Å². The van der Waals surface area contributed by atoms with Crippen LogP contribution in [0.25, 0.3) is 0 Å². The van der Waals surface area contributed by atoms with Crippen LogP contribution >= 0.6 is 0 Å². The van der Waals surface area contributed by atoms with Gasteiger partial charge in [0.05, 0.1) is 4.90 Å². The molecule has 0 atom stereocenters. The second-order valence-corrected chi connectivity index (χ2v) is 9.11. The van der Waals surface area contributed by atoms with Crippen LogP contribution < -0.4 is 16.4 Å². The quantitative estimate of drug-likeness (QED) is 0.366. The van der Waals surface area contributed by atoms with Crippen LogP contribution in [0, 0.1) is 11.6 Å². The molecular weight excluding hydrogens is 464 g/mol. The van der Waals surface area contributed by atoms with Crippen LogP contribution in [-0.4, -0.2) is 24.1 Å². The molecule has 8 nitrogen and oxygen atoms in total. The number of rotatable bonds is 7. The molecule has 34 heavy (non-hydrogen) atoms. The molecule has 0 aliphatic rings. The number of anilines is 4. The van der Waals surface area contributed by atoms with Gasteiger partial charge in [-0.25, -0.2) is 21.9 Å². The summed E-state index contributed by atoms with van der Waals surface area (Å²) in [4.78, 5) is 12.1. The number of amides is 1. The topological polar surface area (TPSA) is 119 Å². The van der Waals surface area contributed by atoms with Crippen LogP contribution in [0.3, 0.4) is 0 Å². The summed E-state index contributed by atoms with van der Waals surface area (Å²) in [6.45, 7) is -0.425. The molecule has 0 bridgehead atoms. The molecule has 0 spiro atoms. The van der Waals surface area contributed by atoms with E-state index < -0.39 is 33.9 Å². The average Bonchev–Trinajstić information content (AvgIpc) is 3.11. The van der Waals surface area contributed by atoms with Crippen molar-refractivity contribution >= 4 is 38.8 Å². The Morgan fingerprint density at radius 2 is 1.62 bits per heavy atom. The van der Waals surface area contributed by atoms with Crippen molar-refractivity contribution in [3.05, 3.63) is 90.5 Å². The zero-order chi connectivity index (χ0) is 24.3. The van der Waals surface area contributed by atoms with E-state index in [2.05, 4.69) is 15.7 Å². The predicted octanol–water partition coefficient (Wildman–Crippen LogP) is 3.96. The Balaban J connectivity index is 1.71. The minimum absolute atomic E-state index is 0.0284. The molecule has 11 heteroatoms. The molecule has 0 saturated heterocycles. The number of hydrogen-bond donors (Lipinski definition) is 3. The van der Waals surface area contributed by atoms with E-state index in [0.29, 0.717) is 5.69 Å². The number of carbonyl (C=O) groups excluding carboxylic acids is 1. The highest BCUT2D eigenvalue weighted by Gasteiger charge is 2.30. The van der Waals surface area contributed by atoms with Gasteiger partial charge in [0.1, 0.15) is 24.0 Å². The number of hydrogen-bond acceptors (Lipinski definition) is 6. The fourth-order valence-corrected chi connectivity index (χ4v) is 4.69. The van der Waals surface area contributed by atoms with Crippen molar-refractivity contribution in [2.45, 2.75) is 16.3 Å². The van der Waals surface area contributed by atoms with Crippen molar-refractivity contribution in [2.24, 2.45) is 0 Å². The van der Waals surface area contributed by atoms with Crippen molar-refractivity contribution in [1.82, 2.24) is 9.78 Å². The van der Waals surface area contributed by atoms with Gasteiger partial charge >= 0.3 is 0 Å². The lowest BCUT2D eigenvalue weighted by Crippen LogP contribution is -2.21. The number of carbonyl (C=O) groups is 1. The molecule has 4 rings (SSSR count). The van der Waals surface area contributed by atoms with Crippen LogP contribution in [0.15, 0.2) is 88.7 Å². The molecule has 3 aromatic carbocycles. The number of nitrogens with two attached hydrogens (primary N) is 1. The van der Waals surface area contributed by atoms with E-state index in [1.165, 1.54) is 54.6 Å². The molecule has 174 valence electrons. The normalized spacial score (nSPS) is 11.2. The van der Waals surface area contributed by atoms with Crippen molar-refractivity contribution in [2.75, 3.05) is 16.4 Å². The monoisotopic (exact) mass is 483 g/mol. The Kier molecular flexibility index (Phi) is 6.28. The molecule has 0 aliphatic carbocycles. The molecule has 0 radical (unpaired) electrons. The minimum Gasteiger partial charge on any atom is -0.383 e. The van der Waals surface area contributed by atoms with E-state index in [4.69, 9.17) is 5.73 Å². The number of benzene rings is 3. The first-order chi connectivity index (χ1) is 16.2. The van der Waals surface area contributed by atoms with Gasteiger partial charge < -0.3 is 16.4 Å². The van der Waals surface area contributed by atoms with Gasteiger partial charge in [0.2, 0.25) is 15.7 Å². The number of halogens is 2. The molecule has 4 N–H and O–H groups in total. The van der Waals surface area contributed by atoms with Crippen molar-refractivity contribution in [3.8, 4) is 0 Å². The average molecular weight is 484 g/mol. The smallest absolute Gasteiger partial charge is 0.246 e. The molecule has 0 unspecified atom stereocenters. The van der Waals surface area contributed by atoms with Crippen LogP contribution in [-0.2, 0) is 21.2 Å². The van der Waals surface area contributed by atoms with E-state index in [0.717, 1.165) is 10.7 Å². The summed E-state index contributed by atoms with van der Waals surface area (Å²) in [6.07, 6.45) is 0. The van der Waals surface area contributed by atoms with E-state index in [1.807, 2.05) is 0 Å². The van der Waals surface area contributed by atoms with E-state index in [9.17, 15) is 22.0 Å². The summed E-state index contributed by atoms with van der Waals surface area (Å²) in [5.41, 5.74) is 6.73. The van der Waals surface area contributed by atoms with Gasteiger partial charge in [0, 0.05) is 11.4 Å². The van der Waals surface area contributed by atoms with Gasteiger partial charge in [-0.3, -0.25) is 4.79 Å². The van der Waals surface area contributed by atoms with Crippen LogP contribution in [0.2, 0.25) is 0 Å². The fourth-order valence-electron chi connectivity index (χ4n) is 3.22. The number of sulfone groups is 1. The first kappa shape index (κ1) is 22.9. The molecule has 1 amide bonds. The van der Waals surface area contributed by atoms with Crippen LogP contribution in [0.1, 0.15) is 0 Å². The molecule has 0 saturated carbocycles. The van der Waals surface area contributed by atoms with Crippen molar-refractivity contribution in [1.29, 1.82) is 0 Å². The van der Waals surface area contributed by atoms with Gasteiger partial charge in [0.25, 0.3) is 0 Å². The summed E-state index contributed by atoms with van der Waals surface area (Å²) < 4.78 is 54.5. The van der Waals surface area contributed by atoms with Gasteiger partial charge in [-0.2, -0.15) is 5.10 Å². The first-order valence-electron chi connectivity index (χ1n) is 9.98. The Labute approximate surface area is 193 Å². The minimum atomic E-state index is -4.15. The standard InChI is InChI=1S/C23H19F2N5O3S/c24-15-9-11-17(12-10-15)27-20(31)14-30-22(26)21(34(32,33)19-7-2-1-3-8-19)23(29-30)28-18-6-4-5-16(25)13-18/h1-13H,14,26H2,(H,27,31)(H,28,29). The van der Waals surface area contributed by atoms with Gasteiger partial charge in [-0.1, -0.05) is 24.3 Å². The third-order valence-corrected chi connectivity index (χ3v) is 6.61. The van der Waals surface area contributed by atoms with Crippen molar-refractivity contribution in [3.63, 3.8) is 0 Å². The Hall–Kier alpha value is -4.25. The highest BCUT2D eigenvalue weighted by atomic mass is 32.2. The predicted molar refractivity (Wildman–Crippen MR) is 123 cm³/mol. The van der Waals surface area contributed by atoms with E-state index >= 15 is 0 Å². The van der Waals surface area contributed by atoms with E-state index in [1.54, 1.807) is 18.2 Å². The van der Waals surface area contributed by atoms with Gasteiger partial charge in [0.15, 0.2) is 10.7 Å². The summed E-state index contributed by atoms with van der Waals surface area (Å²) in [5.74, 6) is -2.01. The lowest BCUT2D eigenvalue weighted by Gasteiger charge is -2.08. The Morgan fingerprint density at radius 3 is 2.29 bits per heavy atom. The number of nitrogen functional groups attached to an aromatic ring is 1. The Bertz CT molecular complexity index is 1440. The molecule has 1 heterocycles. The highest BCUT2D eigenvalue weighted by molar-refractivity contribution is 7.91. The number of nitrogens with zero attached hydrogens (tertiary/aromatic N) is 2. The maximum atomic E-state index is 13.7. The number of aromatic nitrogens is 2. The maximum Gasteiger partial charge on any atom is 0.246 e. The second-order valence-electron chi connectivity index (χ2n) is 7.23. The molecule has 0 fully saturated rings. The lowest BCUT2D eigenvalue weighted by atomic mass is 10.3. The molecule has 0 aliphatic heterocycles. The molecule has 4 aromatic rings. The lowest BCUT2D eigenvalue weighted by molar-refractivity contribution is -0.116. The summed E-state index contributed by atoms with van der Waals surface area (Å²) in [7, 11) is -4.15. The van der Waals surface area contributed by atoms with E-state index in [-0.39, 0.29) is 27.1 Å². The SMILES string of the molecule is Nc1c(S(=O)(=O)c2ccccc2)c(Nc2cccc(F)c2)nn1CC(=O)Nc1ccc(F)cc1. The van der Waals surface area contributed by atoms with Crippen LogP contribution in [0.5, 0.6) is 0 Å². The Morgan fingerprint density at radius 1 is 0.912 bits per heavy atom. The first-order valence-corrected chi connectivity index (χ1v) is 11.5. The fraction of sp³-hybridized carbons (Fsp3) is 0.0435. The molecule has 1 aromatic heterocycles. The second kappa shape index (κ2) is 9.32. The summed E-state index contributed by atoms with van der Waals surface area (Å²) in [6, 6.07) is 18.1. The highest BCUT2D eigenvalue weighted by Crippen LogP contribution is 2.34.